The van der Waals surface area contributed by atoms with E-state index in [1.165, 1.54) is 18.4 Å². The van der Waals surface area contributed by atoms with Crippen molar-refractivity contribution in [3.05, 3.63) is 30.1 Å². The molecular formula is C12H18N2O. The molecule has 2 heterocycles. The third-order valence-corrected chi connectivity index (χ3v) is 3.09. The zero-order chi connectivity index (χ0) is 10.5. The van der Waals surface area contributed by atoms with Gasteiger partial charge in [0.2, 0.25) is 0 Å². The number of likely N-dealkylation sites (tertiary alicyclic amines) is 1. The van der Waals surface area contributed by atoms with Gasteiger partial charge in [0.05, 0.1) is 6.61 Å². The van der Waals surface area contributed by atoms with E-state index in [0.717, 1.165) is 19.5 Å². The normalized spacial score (nSPS) is 22.9. The summed E-state index contributed by atoms with van der Waals surface area (Å²) in [5, 5.41) is 9.29. The molecular weight excluding hydrogens is 188 g/mol. The molecule has 1 aliphatic heterocycles. The molecule has 0 aliphatic carbocycles. The van der Waals surface area contributed by atoms with E-state index in [4.69, 9.17) is 0 Å². The van der Waals surface area contributed by atoms with Crippen LogP contribution in [0.1, 0.15) is 24.8 Å². The highest BCUT2D eigenvalue weighted by Crippen LogP contribution is 2.18. The summed E-state index contributed by atoms with van der Waals surface area (Å²) in [7, 11) is 0. The standard InChI is InChI=1S/C12H18N2O/c15-10-12-3-1-2-8-14(12)9-11-4-6-13-7-5-11/h4-7,12,15H,1-3,8-10H2. The Bertz CT molecular complexity index is 289. The van der Waals surface area contributed by atoms with E-state index in [-0.39, 0.29) is 6.61 Å². The van der Waals surface area contributed by atoms with Crippen molar-refractivity contribution in [1.82, 2.24) is 9.88 Å². The predicted octanol–water partition coefficient (Wildman–Crippen LogP) is 1.43. The van der Waals surface area contributed by atoms with Crippen molar-refractivity contribution in [2.24, 2.45) is 0 Å². The molecule has 0 spiro atoms. The fourth-order valence-electron chi connectivity index (χ4n) is 2.20. The second-order valence-electron chi connectivity index (χ2n) is 4.16. The summed E-state index contributed by atoms with van der Waals surface area (Å²) in [5.74, 6) is 0. The number of nitrogens with zero attached hydrogens (tertiary/aromatic N) is 2. The van der Waals surface area contributed by atoms with Crippen LogP contribution in [0.4, 0.5) is 0 Å². The molecule has 0 aromatic carbocycles. The summed E-state index contributed by atoms with van der Waals surface area (Å²) >= 11 is 0. The van der Waals surface area contributed by atoms with Crippen LogP contribution < -0.4 is 0 Å². The van der Waals surface area contributed by atoms with E-state index < -0.39 is 0 Å². The predicted molar refractivity (Wildman–Crippen MR) is 59.4 cm³/mol. The molecule has 1 aromatic rings. The minimum atomic E-state index is 0.283. The zero-order valence-corrected chi connectivity index (χ0v) is 8.97. The monoisotopic (exact) mass is 206 g/mol. The smallest absolute Gasteiger partial charge is 0.0586 e. The Morgan fingerprint density at radius 1 is 1.33 bits per heavy atom. The average Bonchev–Trinajstić information content (AvgIpc) is 2.31. The van der Waals surface area contributed by atoms with E-state index in [0.29, 0.717) is 6.04 Å². The van der Waals surface area contributed by atoms with Gasteiger partial charge in [-0.05, 0) is 37.1 Å². The highest BCUT2D eigenvalue weighted by atomic mass is 16.3. The fraction of sp³-hybridized carbons (Fsp3) is 0.583. The first kappa shape index (κ1) is 10.6. The maximum atomic E-state index is 9.29. The molecule has 3 heteroatoms. The van der Waals surface area contributed by atoms with E-state index in [1.54, 1.807) is 0 Å². The minimum Gasteiger partial charge on any atom is -0.395 e. The van der Waals surface area contributed by atoms with E-state index >= 15 is 0 Å². The molecule has 15 heavy (non-hydrogen) atoms. The Labute approximate surface area is 90.8 Å². The second-order valence-corrected chi connectivity index (χ2v) is 4.16. The lowest BCUT2D eigenvalue weighted by Gasteiger charge is -2.34. The van der Waals surface area contributed by atoms with Crippen LogP contribution in [0.3, 0.4) is 0 Å². The van der Waals surface area contributed by atoms with Crippen LogP contribution >= 0.6 is 0 Å². The zero-order valence-electron chi connectivity index (χ0n) is 8.97. The SMILES string of the molecule is OCC1CCCCN1Cc1ccncc1. The van der Waals surface area contributed by atoms with Gasteiger partial charge >= 0.3 is 0 Å². The topological polar surface area (TPSA) is 36.4 Å². The van der Waals surface area contributed by atoms with Crippen molar-refractivity contribution in [1.29, 1.82) is 0 Å². The highest BCUT2D eigenvalue weighted by Gasteiger charge is 2.21. The van der Waals surface area contributed by atoms with Gasteiger partial charge in [-0.25, -0.2) is 0 Å². The fourth-order valence-corrected chi connectivity index (χ4v) is 2.20. The molecule has 1 atom stereocenters. The molecule has 0 bridgehead atoms. The van der Waals surface area contributed by atoms with Gasteiger partial charge in [0.25, 0.3) is 0 Å². The lowest BCUT2D eigenvalue weighted by Crippen LogP contribution is -2.41. The molecule has 82 valence electrons. The average molecular weight is 206 g/mol. The number of hydrogen-bond acceptors (Lipinski definition) is 3. The first-order valence-corrected chi connectivity index (χ1v) is 5.64. The minimum absolute atomic E-state index is 0.283. The largest absolute Gasteiger partial charge is 0.395 e. The number of aromatic nitrogens is 1. The van der Waals surface area contributed by atoms with Gasteiger partial charge in [-0.3, -0.25) is 9.88 Å². The van der Waals surface area contributed by atoms with E-state index in [2.05, 4.69) is 9.88 Å². The van der Waals surface area contributed by atoms with Crippen LogP contribution in [-0.2, 0) is 6.54 Å². The molecule has 1 saturated heterocycles. The van der Waals surface area contributed by atoms with Crippen LogP contribution in [-0.4, -0.2) is 34.2 Å². The molecule has 3 nitrogen and oxygen atoms in total. The van der Waals surface area contributed by atoms with E-state index in [1.807, 2.05) is 24.5 Å². The number of piperidine rings is 1. The first-order chi connectivity index (χ1) is 7.40. The number of hydrogen-bond donors (Lipinski definition) is 1. The van der Waals surface area contributed by atoms with Gasteiger partial charge in [-0.2, -0.15) is 0 Å². The van der Waals surface area contributed by atoms with Gasteiger partial charge in [-0.15, -0.1) is 0 Å². The second kappa shape index (κ2) is 5.24. The number of pyridine rings is 1. The van der Waals surface area contributed by atoms with Crippen molar-refractivity contribution in [3.63, 3.8) is 0 Å². The Hall–Kier alpha value is -0.930. The van der Waals surface area contributed by atoms with Crippen molar-refractivity contribution in [3.8, 4) is 0 Å². The quantitative estimate of drug-likeness (QED) is 0.812. The highest BCUT2D eigenvalue weighted by molar-refractivity contribution is 5.09. The van der Waals surface area contributed by atoms with Crippen LogP contribution in [0.5, 0.6) is 0 Å². The maximum Gasteiger partial charge on any atom is 0.0586 e. The molecule has 1 aliphatic rings. The number of rotatable bonds is 3. The van der Waals surface area contributed by atoms with Gasteiger partial charge in [0.15, 0.2) is 0 Å². The summed E-state index contributed by atoms with van der Waals surface area (Å²) in [4.78, 5) is 6.38. The molecule has 1 fully saturated rings. The van der Waals surface area contributed by atoms with Gasteiger partial charge in [0.1, 0.15) is 0 Å². The molecule has 0 radical (unpaired) electrons. The maximum absolute atomic E-state index is 9.29. The van der Waals surface area contributed by atoms with Crippen molar-refractivity contribution >= 4 is 0 Å². The summed E-state index contributed by atoms with van der Waals surface area (Å²) in [5.41, 5.74) is 1.28. The Kier molecular flexibility index (Phi) is 3.69. The summed E-state index contributed by atoms with van der Waals surface area (Å²) in [6.45, 7) is 2.33. The number of aliphatic hydroxyl groups is 1. The van der Waals surface area contributed by atoms with Crippen LogP contribution in [0.25, 0.3) is 0 Å². The Morgan fingerprint density at radius 3 is 2.87 bits per heavy atom. The van der Waals surface area contributed by atoms with Crippen molar-refractivity contribution in [2.45, 2.75) is 31.8 Å². The molecule has 0 saturated carbocycles. The van der Waals surface area contributed by atoms with Crippen LogP contribution in [0, 0.1) is 0 Å². The van der Waals surface area contributed by atoms with Crippen molar-refractivity contribution < 1.29 is 5.11 Å². The molecule has 2 rings (SSSR count). The lowest BCUT2D eigenvalue weighted by molar-refractivity contribution is 0.0841. The van der Waals surface area contributed by atoms with Gasteiger partial charge in [-0.1, -0.05) is 6.42 Å². The first-order valence-electron chi connectivity index (χ1n) is 5.64. The van der Waals surface area contributed by atoms with Gasteiger partial charge in [0, 0.05) is 25.0 Å². The van der Waals surface area contributed by atoms with Crippen molar-refractivity contribution in [2.75, 3.05) is 13.2 Å². The third kappa shape index (κ3) is 2.76. The lowest BCUT2D eigenvalue weighted by atomic mass is 10.0. The van der Waals surface area contributed by atoms with E-state index in [9.17, 15) is 5.11 Å². The molecule has 1 aromatic heterocycles. The summed E-state index contributed by atoms with van der Waals surface area (Å²) in [6.07, 6.45) is 7.28. The Morgan fingerprint density at radius 2 is 2.13 bits per heavy atom. The summed E-state index contributed by atoms with van der Waals surface area (Å²) in [6, 6.07) is 4.44. The number of aliphatic hydroxyl groups excluding tert-OH is 1. The summed E-state index contributed by atoms with van der Waals surface area (Å²) < 4.78 is 0. The Balaban J connectivity index is 1.97. The van der Waals surface area contributed by atoms with Crippen LogP contribution in [0.2, 0.25) is 0 Å². The molecule has 1 N–H and O–H groups in total. The third-order valence-electron chi connectivity index (χ3n) is 3.09. The molecule has 1 unspecified atom stereocenters. The van der Waals surface area contributed by atoms with Gasteiger partial charge < -0.3 is 5.11 Å². The molecule has 0 amide bonds. The van der Waals surface area contributed by atoms with Crippen LogP contribution in [0.15, 0.2) is 24.5 Å².